The maximum Gasteiger partial charge on any atom is 1.00 e. The molecule has 5 nitrogen and oxygen atoms in total. The Bertz CT molecular complexity index is 444. The fourth-order valence-corrected chi connectivity index (χ4v) is 1.48. The molecule has 1 rings (SSSR count). The zero-order chi connectivity index (χ0) is 12.8. The monoisotopic (exact) mass is 306 g/mol. The van der Waals surface area contributed by atoms with Crippen LogP contribution in [0.3, 0.4) is 0 Å². The molecule has 0 aliphatic rings. The molecule has 9 heteroatoms. The summed E-state index contributed by atoms with van der Waals surface area (Å²) in [6, 6.07) is 3.21. The van der Waals surface area contributed by atoms with Gasteiger partial charge in [-0.15, -0.1) is 0 Å². The smallest absolute Gasteiger partial charge is 0.768 e. The first-order valence-corrected chi connectivity index (χ1v) is 5.79. The SMILES string of the molecule is O=C([O-])CCCOc1ccc(S(=O)[O-])cc1F.[Na+].[Na+]. The molecule has 19 heavy (non-hydrogen) atoms. The average Bonchev–Trinajstić information content (AvgIpc) is 2.25. The van der Waals surface area contributed by atoms with Gasteiger partial charge in [0.2, 0.25) is 0 Å². The Morgan fingerprint density at radius 1 is 1.37 bits per heavy atom. The Balaban J connectivity index is 0. The van der Waals surface area contributed by atoms with Crippen LogP contribution in [-0.2, 0) is 15.9 Å². The van der Waals surface area contributed by atoms with Crippen molar-refractivity contribution >= 4 is 17.0 Å². The van der Waals surface area contributed by atoms with Crippen LogP contribution in [0.5, 0.6) is 5.75 Å². The number of carbonyl (C=O) groups is 1. The molecular formula is C10H9FNa2O5S. The van der Waals surface area contributed by atoms with Gasteiger partial charge in [0, 0.05) is 10.9 Å². The van der Waals surface area contributed by atoms with Gasteiger partial charge in [0.1, 0.15) is 0 Å². The third-order valence-electron chi connectivity index (χ3n) is 1.88. The largest absolute Gasteiger partial charge is 1.00 e. The Kier molecular flexibility index (Phi) is 12.9. The molecule has 0 radical (unpaired) electrons. The molecular weight excluding hydrogens is 297 g/mol. The summed E-state index contributed by atoms with van der Waals surface area (Å²) in [5, 5.41) is 10.1. The maximum atomic E-state index is 13.3. The molecule has 0 spiro atoms. The fourth-order valence-electron chi connectivity index (χ4n) is 1.10. The Labute approximate surface area is 156 Å². The molecule has 0 saturated carbocycles. The molecule has 0 aromatic heterocycles. The van der Waals surface area contributed by atoms with Gasteiger partial charge < -0.3 is 19.2 Å². The van der Waals surface area contributed by atoms with E-state index in [0.29, 0.717) is 0 Å². The predicted molar refractivity (Wildman–Crippen MR) is 53.3 cm³/mol. The Hall–Kier alpha value is 0.530. The fraction of sp³-hybridized carbons (Fsp3) is 0.300. The second-order valence-electron chi connectivity index (χ2n) is 3.15. The number of carboxylic acid groups (broad SMARTS) is 1. The van der Waals surface area contributed by atoms with Crippen molar-refractivity contribution < 1.29 is 86.9 Å². The first kappa shape index (κ1) is 21.8. The van der Waals surface area contributed by atoms with Crippen LogP contribution in [0.25, 0.3) is 0 Å². The van der Waals surface area contributed by atoms with Gasteiger partial charge in [0.25, 0.3) is 0 Å². The summed E-state index contributed by atoms with van der Waals surface area (Å²) in [5.41, 5.74) is 0. The standard InChI is InChI=1S/C10H11FO5S.2Na/c11-8-6-7(17(14)15)3-4-9(8)16-5-1-2-10(12)13;;/h3-4,6H,1-2,5H2,(H,12,13)(H,14,15);;/q;2*+1/p-2. The normalized spacial score (nSPS) is 10.8. The van der Waals surface area contributed by atoms with Crippen LogP contribution in [0.2, 0.25) is 0 Å². The predicted octanol–water partition coefficient (Wildman–Crippen LogP) is -6.02. The van der Waals surface area contributed by atoms with E-state index in [0.717, 1.165) is 6.07 Å². The first-order valence-electron chi connectivity index (χ1n) is 4.72. The molecule has 0 aliphatic heterocycles. The second-order valence-corrected chi connectivity index (χ2v) is 4.09. The number of carboxylic acids is 1. The molecule has 1 aromatic rings. The van der Waals surface area contributed by atoms with E-state index in [-0.39, 0.29) is 89.2 Å². The molecule has 0 amide bonds. The summed E-state index contributed by atoms with van der Waals surface area (Å²) in [5.74, 6) is -2.12. The number of hydrogen-bond donors (Lipinski definition) is 0. The van der Waals surface area contributed by atoms with E-state index in [9.17, 15) is 23.1 Å². The average molecular weight is 306 g/mol. The molecule has 94 valence electrons. The van der Waals surface area contributed by atoms with E-state index in [1.807, 2.05) is 0 Å². The zero-order valence-electron chi connectivity index (χ0n) is 10.7. The van der Waals surface area contributed by atoms with E-state index in [4.69, 9.17) is 4.74 Å². The van der Waals surface area contributed by atoms with Crippen molar-refractivity contribution in [1.29, 1.82) is 0 Å². The van der Waals surface area contributed by atoms with Crippen LogP contribution >= 0.6 is 0 Å². The van der Waals surface area contributed by atoms with Crippen molar-refractivity contribution in [3.63, 3.8) is 0 Å². The summed E-state index contributed by atoms with van der Waals surface area (Å²) in [6.45, 7) is 0.0186. The molecule has 0 aliphatic carbocycles. The van der Waals surface area contributed by atoms with E-state index < -0.39 is 22.9 Å². The van der Waals surface area contributed by atoms with Crippen molar-refractivity contribution in [2.24, 2.45) is 0 Å². The Morgan fingerprint density at radius 3 is 2.47 bits per heavy atom. The van der Waals surface area contributed by atoms with Crippen LogP contribution in [0, 0.1) is 5.82 Å². The number of hydrogen-bond acceptors (Lipinski definition) is 5. The summed E-state index contributed by atoms with van der Waals surface area (Å²) >= 11 is -2.49. The van der Waals surface area contributed by atoms with Gasteiger partial charge in [-0.2, -0.15) is 0 Å². The quantitative estimate of drug-likeness (QED) is 0.296. The second kappa shape index (κ2) is 11.2. The molecule has 0 heterocycles. The number of aliphatic carboxylic acids is 1. The summed E-state index contributed by atoms with van der Waals surface area (Å²) in [6.07, 6.45) is 0.0152. The topological polar surface area (TPSA) is 89.5 Å². The van der Waals surface area contributed by atoms with Crippen LogP contribution in [0.15, 0.2) is 23.1 Å². The van der Waals surface area contributed by atoms with Crippen molar-refractivity contribution in [3.8, 4) is 5.75 Å². The Morgan fingerprint density at radius 2 is 2.00 bits per heavy atom. The summed E-state index contributed by atoms with van der Waals surface area (Å²) in [7, 11) is 0. The van der Waals surface area contributed by atoms with Gasteiger partial charge in [-0.3, -0.25) is 4.21 Å². The minimum absolute atomic E-state index is 0. The van der Waals surface area contributed by atoms with Crippen LogP contribution in [-0.4, -0.2) is 21.3 Å². The molecule has 0 N–H and O–H groups in total. The maximum absolute atomic E-state index is 13.3. The van der Waals surface area contributed by atoms with Gasteiger partial charge in [-0.25, -0.2) is 4.39 Å². The zero-order valence-corrected chi connectivity index (χ0v) is 15.5. The van der Waals surface area contributed by atoms with Crippen molar-refractivity contribution in [1.82, 2.24) is 0 Å². The van der Waals surface area contributed by atoms with Gasteiger partial charge in [0.05, 0.1) is 6.61 Å². The van der Waals surface area contributed by atoms with E-state index >= 15 is 0 Å². The molecule has 1 aromatic carbocycles. The first-order chi connectivity index (χ1) is 8.00. The van der Waals surface area contributed by atoms with Crippen molar-refractivity contribution in [3.05, 3.63) is 24.0 Å². The number of ether oxygens (including phenoxy) is 1. The molecule has 0 saturated heterocycles. The number of carbonyl (C=O) groups excluding carboxylic acids is 1. The third-order valence-corrected chi connectivity index (χ3v) is 2.52. The number of benzene rings is 1. The van der Waals surface area contributed by atoms with Crippen molar-refractivity contribution in [2.75, 3.05) is 6.61 Å². The minimum Gasteiger partial charge on any atom is -0.768 e. The van der Waals surface area contributed by atoms with E-state index in [1.165, 1.54) is 12.1 Å². The van der Waals surface area contributed by atoms with Crippen LogP contribution < -0.4 is 69.0 Å². The van der Waals surface area contributed by atoms with Crippen LogP contribution in [0.4, 0.5) is 4.39 Å². The van der Waals surface area contributed by atoms with Crippen molar-refractivity contribution in [2.45, 2.75) is 17.7 Å². The van der Waals surface area contributed by atoms with Gasteiger partial charge >= 0.3 is 59.1 Å². The van der Waals surface area contributed by atoms with Crippen LogP contribution in [0.1, 0.15) is 12.8 Å². The summed E-state index contributed by atoms with van der Waals surface area (Å²) in [4.78, 5) is 9.91. The minimum atomic E-state index is -2.49. The summed E-state index contributed by atoms with van der Waals surface area (Å²) < 4.78 is 39.3. The molecule has 0 fully saturated rings. The number of halogens is 1. The van der Waals surface area contributed by atoms with E-state index in [1.54, 1.807) is 0 Å². The molecule has 1 atom stereocenters. The van der Waals surface area contributed by atoms with Gasteiger partial charge in [-0.05, 0) is 42.1 Å². The molecule has 0 bridgehead atoms. The number of rotatable bonds is 6. The third kappa shape index (κ3) is 8.41. The van der Waals surface area contributed by atoms with Gasteiger partial charge in [0.15, 0.2) is 11.6 Å². The van der Waals surface area contributed by atoms with Gasteiger partial charge in [-0.1, -0.05) is 0 Å². The molecule has 1 unspecified atom stereocenters. The van der Waals surface area contributed by atoms with E-state index in [2.05, 4.69) is 0 Å².